The molecule has 1 aromatic heterocycles. The maximum absolute atomic E-state index is 12.9. The third-order valence-electron chi connectivity index (χ3n) is 1.65. The molecule has 0 unspecified atom stereocenters. The lowest BCUT2D eigenvalue weighted by Gasteiger charge is -1.95. The summed E-state index contributed by atoms with van der Waals surface area (Å²) in [6.07, 6.45) is 2.80. The summed E-state index contributed by atoms with van der Waals surface area (Å²) in [5.41, 5.74) is 0.125. The highest BCUT2D eigenvalue weighted by Gasteiger charge is 2.02. The molecule has 15 heavy (non-hydrogen) atoms. The average Bonchev–Trinajstić information content (AvgIpc) is 2.21. The molecule has 1 rings (SSSR count). The van der Waals surface area contributed by atoms with Crippen molar-refractivity contribution in [1.82, 2.24) is 4.98 Å². The minimum absolute atomic E-state index is 0.0350. The van der Waals surface area contributed by atoms with Crippen LogP contribution < -0.4 is 0 Å². The van der Waals surface area contributed by atoms with Gasteiger partial charge in [-0.3, -0.25) is 4.79 Å². The molecule has 0 spiro atoms. The Balaban J connectivity index is 2.68. The summed E-state index contributed by atoms with van der Waals surface area (Å²) in [6, 6.07) is 2.28. The van der Waals surface area contributed by atoms with Gasteiger partial charge in [-0.25, -0.2) is 0 Å². The monoisotopic (exact) mass is 213 g/mol. The van der Waals surface area contributed by atoms with Crippen molar-refractivity contribution < 1.29 is 18.3 Å². The van der Waals surface area contributed by atoms with Gasteiger partial charge < -0.3 is 4.74 Å². The number of ether oxygens (including phenoxy) is 1. The third kappa shape index (κ3) is 3.46. The molecule has 0 saturated carbocycles. The molecule has 0 aliphatic heterocycles. The summed E-state index contributed by atoms with van der Waals surface area (Å²) in [7, 11) is 1.26. The maximum Gasteiger partial charge on any atom is 0.309 e. The molecule has 0 atom stereocenters. The molecule has 5 heteroatoms. The normalized spacial score (nSPS) is 10.6. The molecule has 0 bridgehead atoms. The van der Waals surface area contributed by atoms with E-state index < -0.39 is 17.9 Å². The number of hydrogen-bond donors (Lipinski definition) is 0. The molecule has 0 aliphatic rings. The van der Waals surface area contributed by atoms with Crippen molar-refractivity contribution >= 4 is 12.0 Å². The summed E-state index contributed by atoms with van der Waals surface area (Å²) in [4.78, 5) is 13.7. The molecule has 0 amide bonds. The molecule has 3 nitrogen and oxygen atoms in total. The van der Waals surface area contributed by atoms with E-state index in [1.807, 2.05) is 0 Å². The smallest absolute Gasteiger partial charge is 0.309 e. The second-order valence-corrected chi connectivity index (χ2v) is 2.70. The summed E-state index contributed by atoms with van der Waals surface area (Å²) in [6.45, 7) is 0. The van der Waals surface area contributed by atoms with Crippen molar-refractivity contribution in [2.24, 2.45) is 0 Å². The van der Waals surface area contributed by atoms with Crippen molar-refractivity contribution in [3.63, 3.8) is 0 Å². The Morgan fingerprint density at radius 3 is 2.87 bits per heavy atom. The van der Waals surface area contributed by atoms with Crippen LogP contribution in [-0.4, -0.2) is 18.1 Å². The van der Waals surface area contributed by atoms with E-state index in [0.29, 0.717) is 0 Å². The third-order valence-corrected chi connectivity index (χ3v) is 1.65. The Hall–Kier alpha value is -1.78. The molecule has 0 fully saturated rings. The first-order chi connectivity index (χ1) is 7.13. The number of pyridine rings is 1. The minimum Gasteiger partial charge on any atom is -0.469 e. The van der Waals surface area contributed by atoms with Crippen molar-refractivity contribution in [3.8, 4) is 0 Å². The van der Waals surface area contributed by atoms with Crippen LogP contribution in [0.5, 0.6) is 0 Å². The summed E-state index contributed by atoms with van der Waals surface area (Å²) >= 11 is 0. The fourth-order valence-corrected chi connectivity index (χ4v) is 0.913. The number of halogens is 2. The van der Waals surface area contributed by atoms with Crippen LogP contribution in [0, 0.1) is 11.9 Å². The van der Waals surface area contributed by atoms with Crippen LogP contribution in [-0.2, 0) is 9.53 Å². The van der Waals surface area contributed by atoms with Crippen LogP contribution in [0.25, 0.3) is 6.08 Å². The van der Waals surface area contributed by atoms with Crippen LogP contribution in [0.4, 0.5) is 8.78 Å². The first kappa shape index (κ1) is 11.3. The molecule has 1 heterocycles. The highest BCUT2D eigenvalue weighted by atomic mass is 19.1. The van der Waals surface area contributed by atoms with Gasteiger partial charge in [0, 0.05) is 5.56 Å². The van der Waals surface area contributed by atoms with Crippen LogP contribution in [0.2, 0.25) is 0 Å². The molecule has 0 saturated heterocycles. The second-order valence-electron chi connectivity index (χ2n) is 2.70. The molecular weight excluding hydrogens is 204 g/mol. The predicted molar refractivity (Wildman–Crippen MR) is 49.8 cm³/mol. The predicted octanol–water partition coefficient (Wildman–Crippen LogP) is 1.94. The summed E-state index contributed by atoms with van der Waals surface area (Å²) < 4.78 is 29.7. The Morgan fingerprint density at radius 2 is 2.27 bits per heavy atom. The summed E-state index contributed by atoms with van der Waals surface area (Å²) in [5.74, 6) is -2.21. The molecule has 0 N–H and O–H groups in total. The minimum atomic E-state index is -0.906. The van der Waals surface area contributed by atoms with Crippen molar-refractivity contribution in [2.75, 3.05) is 7.11 Å². The maximum atomic E-state index is 12.9. The number of nitrogens with zero attached hydrogens (tertiary/aromatic N) is 1. The van der Waals surface area contributed by atoms with E-state index in [9.17, 15) is 13.6 Å². The number of carbonyl (C=O) groups excluding carboxylic acids is 1. The molecule has 0 radical (unpaired) electrons. The fraction of sp³-hybridized carbons (Fsp3) is 0.200. The van der Waals surface area contributed by atoms with E-state index in [1.165, 1.54) is 25.3 Å². The van der Waals surface area contributed by atoms with E-state index in [2.05, 4.69) is 9.72 Å². The van der Waals surface area contributed by atoms with Crippen molar-refractivity contribution in [3.05, 3.63) is 35.7 Å². The highest BCUT2D eigenvalue weighted by Crippen LogP contribution is 2.08. The highest BCUT2D eigenvalue weighted by molar-refractivity contribution is 5.72. The summed E-state index contributed by atoms with van der Waals surface area (Å²) in [5, 5.41) is 0. The van der Waals surface area contributed by atoms with Crippen molar-refractivity contribution in [2.45, 2.75) is 6.42 Å². The molecule has 0 aliphatic carbocycles. The van der Waals surface area contributed by atoms with E-state index in [-0.39, 0.29) is 12.0 Å². The Morgan fingerprint density at radius 1 is 1.53 bits per heavy atom. The van der Waals surface area contributed by atoms with Gasteiger partial charge in [0.1, 0.15) is 0 Å². The quantitative estimate of drug-likeness (QED) is 0.569. The van der Waals surface area contributed by atoms with E-state index in [1.54, 1.807) is 0 Å². The van der Waals surface area contributed by atoms with Crippen LogP contribution in [0.15, 0.2) is 18.2 Å². The number of esters is 1. The zero-order valence-corrected chi connectivity index (χ0v) is 8.04. The lowest BCUT2D eigenvalue weighted by Crippen LogP contribution is -1.97. The Kier molecular flexibility index (Phi) is 3.91. The first-order valence-corrected chi connectivity index (χ1v) is 4.19. The average molecular weight is 213 g/mol. The number of hydrogen-bond acceptors (Lipinski definition) is 3. The van der Waals surface area contributed by atoms with Crippen molar-refractivity contribution in [1.29, 1.82) is 0 Å². The van der Waals surface area contributed by atoms with E-state index >= 15 is 0 Å². The lowest BCUT2D eigenvalue weighted by molar-refractivity contribution is -0.139. The van der Waals surface area contributed by atoms with Crippen LogP contribution in [0.3, 0.4) is 0 Å². The Labute approximate surface area is 85.4 Å². The lowest BCUT2D eigenvalue weighted by atomic mass is 10.2. The molecule has 80 valence electrons. The molecular formula is C10H9F2NO2. The van der Waals surface area contributed by atoms with Crippen LogP contribution in [0.1, 0.15) is 12.0 Å². The topological polar surface area (TPSA) is 39.2 Å². The fourth-order valence-electron chi connectivity index (χ4n) is 0.913. The van der Waals surface area contributed by atoms with Gasteiger partial charge in [-0.2, -0.15) is 13.8 Å². The van der Waals surface area contributed by atoms with Gasteiger partial charge in [0.15, 0.2) is 0 Å². The largest absolute Gasteiger partial charge is 0.469 e. The standard InChI is InChI=1S/C10H9F2NO2/c1-15-9(14)4-2-3-7-5-6-8(11)13-10(7)12/h2-3,5-6H,4H2,1H3. The van der Waals surface area contributed by atoms with Gasteiger partial charge in [0.05, 0.1) is 13.5 Å². The van der Waals surface area contributed by atoms with Gasteiger partial charge >= 0.3 is 5.97 Å². The van der Waals surface area contributed by atoms with Gasteiger partial charge in [0.2, 0.25) is 11.9 Å². The number of methoxy groups -OCH3 is 1. The van der Waals surface area contributed by atoms with Crippen LogP contribution >= 0.6 is 0 Å². The zero-order valence-electron chi connectivity index (χ0n) is 8.04. The molecule has 1 aromatic rings. The SMILES string of the molecule is COC(=O)CC=Cc1ccc(F)nc1F. The van der Waals surface area contributed by atoms with E-state index in [4.69, 9.17) is 0 Å². The number of carbonyl (C=O) groups is 1. The van der Waals surface area contributed by atoms with Gasteiger partial charge in [-0.1, -0.05) is 12.2 Å². The molecule has 0 aromatic carbocycles. The number of rotatable bonds is 3. The Bertz CT molecular complexity index is 391. The second kappa shape index (κ2) is 5.19. The zero-order chi connectivity index (χ0) is 11.3. The van der Waals surface area contributed by atoms with Gasteiger partial charge in [0.25, 0.3) is 0 Å². The van der Waals surface area contributed by atoms with E-state index in [0.717, 1.165) is 6.07 Å². The van der Waals surface area contributed by atoms with Gasteiger partial charge in [-0.05, 0) is 12.1 Å². The first-order valence-electron chi connectivity index (χ1n) is 4.19. The number of aromatic nitrogens is 1. The van der Waals surface area contributed by atoms with Gasteiger partial charge in [-0.15, -0.1) is 0 Å².